The topological polar surface area (TPSA) is 63.5 Å². The molecule has 3 aromatic rings. The van der Waals surface area contributed by atoms with Gasteiger partial charge in [0, 0.05) is 25.3 Å². The number of benzene rings is 2. The molecule has 2 N–H and O–H groups in total. The molecule has 7 heteroatoms. The minimum absolute atomic E-state index is 0. The number of rotatable bonds is 9. The first-order chi connectivity index (χ1) is 15.5. The molecule has 1 heterocycles. The van der Waals surface area contributed by atoms with Gasteiger partial charge in [0.05, 0.1) is 12.2 Å². The molecule has 0 saturated heterocycles. The predicted molar refractivity (Wildman–Crippen MR) is 146 cm³/mol. The van der Waals surface area contributed by atoms with E-state index < -0.39 is 0 Å². The monoisotopic (exact) mass is 561 g/mol. The van der Waals surface area contributed by atoms with Gasteiger partial charge in [-0.2, -0.15) is 5.10 Å². The van der Waals surface area contributed by atoms with Crippen LogP contribution in [-0.2, 0) is 26.6 Å². The number of halogens is 1. The number of guanidine groups is 1. The molecule has 1 aromatic heterocycles. The van der Waals surface area contributed by atoms with Crippen LogP contribution in [0.5, 0.6) is 5.75 Å². The summed E-state index contributed by atoms with van der Waals surface area (Å²) in [5.41, 5.74) is 5.87. The van der Waals surface area contributed by atoms with Crippen molar-refractivity contribution in [1.82, 2.24) is 20.4 Å². The van der Waals surface area contributed by atoms with E-state index in [1.165, 1.54) is 11.3 Å². The molecule has 0 aliphatic carbocycles. The van der Waals surface area contributed by atoms with Crippen LogP contribution in [0.1, 0.15) is 41.9 Å². The van der Waals surface area contributed by atoms with E-state index in [1.807, 2.05) is 42.1 Å². The lowest BCUT2D eigenvalue weighted by atomic mass is 10.1. The van der Waals surface area contributed by atoms with Crippen molar-refractivity contribution >= 4 is 29.9 Å². The minimum Gasteiger partial charge on any atom is -0.489 e. The minimum atomic E-state index is 0. The van der Waals surface area contributed by atoms with Crippen molar-refractivity contribution in [3.05, 3.63) is 82.7 Å². The molecule has 0 aliphatic heterocycles. The molecule has 1 atom stereocenters. The summed E-state index contributed by atoms with van der Waals surface area (Å²) >= 11 is 0. The summed E-state index contributed by atoms with van der Waals surface area (Å²) < 4.78 is 7.90. The van der Waals surface area contributed by atoms with Crippen molar-refractivity contribution in [3.8, 4) is 5.75 Å². The van der Waals surface area contributed by atoms with Gasteiger partial charge in [-0.25, -0.2) is 4.99 Å². The highest BCUT2D eigenvalue weighted by atomic mass is 127. The van der Waals surface area contributed by atoms with E-state index in [4.69, 9.17) is 9.73 Å². The lowest BCUT2D eigenvalue weighted by Gasteiger charge is -2.18. The highest BCUT2D eigenvalue weighted by Gasteiger charge is 2.14. The van der Waals surface area contributed by atoms with Crippen molar-refractivity contribution in [1.29, 1.82) is 0 Å². The van der Waals surface area contributed by atoms with Crippen molar-refractivity contribution in [2.75, 3.05) is 6.54 Å². The average molecular weight is 562 g/mol. The second-order valence-electron chi connectivity index (χ2n) is 8.14. The molecule has 0 spiro atoms. The summed E-state index contributed by atoms with van der Waals surface area (Å²) in [7, 11) is 1.99. The molecule has 0 aliphatic rings. The largest absolute Gasteiger partial charge is 0.489 e. The van der Waals surface area contributed by atoms with Gasteiger partial charge in [-0.05, 0) is 62.9 Å². The Hall–Kier alpha value is -2.55. The van der Waals surface area contributed by atoms with E-state index in [1.54, 1.807) is 0 Å². The molecule has 3 rings (SSSR count). The molecule has 33 heavy (non-hydrogen) atoms. The van der Waals surface area contributed by atoms with Crippen molar-refractivity contribution in [3.63, 3.8) is 0 Å². The lowest BCUT2D eigenvalue weighted by molar-refractivity contribution is 0.306. The van der Waals surface area contributed by atoms with Crippen LogP contribution in [0.4, 0.5) is 0 Å². The van der Waals surface area contributed by atoms with E-state index >= 15 is 0 Å². The zero-order valence-corrected chi connectivity index (χ0v) is 22.6. The Morgan fingerprint density at radius 3 is 2.48 bits per heavy atom. The molecular formula is C26H36IN5O. The van der Waals surface area contributed by atoms with Gasteiger partial charge in [-0.3, -0.25) is 4.68 Å². The molecule has 0 radical (unpaired) electrons. The Morgan fingerprint density at radius 2 is 1.82 bits per heavy atom. The third kappa shape index (κ3) is 8.07. The number of hydrogen-bond acceptors (Lipinski definition) is 3. The van der Waals surface area contributed by atoms with Gasteiger partial charge in [0.15, 0.2) is 5.96 Å². The molecule has 0 saturated carbocycles. The molecule has 2 aromatic carbocycles. The summed E-state index contributed by atoms with van der Waals surface area (Å²) in [6, 6.07) is 18.6. The fourth-order valence-corrected chi connectivity index (χ4v) is 3.67. The highest BCUT2D eigenvalue weighted by molar-refractivity contribution is 14.0. The van der Waals surface area contributed by atoms with Gasteiger partial charge in [0.25, 0.3) is 0 Å². The fourth-order valence-electron chi connectivity index (χ4n) is 3.67. The third-order valence-corrected chi connectivity index (χ3v) is 5.46. The lowest BCUT2D eigenvalue weighted by Crippen LogP contribution is -2.43. The number of aromatic nitrogens is 2. The van der Waals surface area contributed by atoms with E-state index in [0.29, 0.717) is 13.2 Å². The second-order valence-corrected chi connectivity index (χ2v) is 8.14. The first kappa shape index (κ1) is 26.7. The van der Waals surface area contributed by atoms with Gasteiger partial charge < -0.3 is 15.4 Å². The Kier molecular flexibility index (Phi) is 10.7. The summed E-state index contributed by atoms with van der Waals surface area (Å²) in [4.78, 5) is 4.79. The Balaban J connectivity index is 0.00000385. The summed E-state index contributed by atoms with van der Waals surface area (Å²) in [5.74, 6) is 1.67. The molecule has 6 nitrogen and oxygen atoms in total. The normalized spacial score (nSPS) is 12.1. The quantitative estimate of drug-likeness (QED) is 0.221. The number of hydrogen-bond donors (Lipinski definition) is 2. The van der Waals surface area contributed by atoms with Gasteiger partial charge in [-0.1, -0.05) is 42.5 Å². The standard InChI is InChI=1S/C26H35N5O.HI/c1-6-27-26(29-19(2)15-25-20(3)30-31(5)21(25)4)28-17-23-13-10-14-24(16-23)32-18-22-11-8-7-9-12-22;/h7-14,16,19H,6,15,17-18H2,1-5H3,(H2,27,28,29);1H. The Labute approximate surface area is 214 Å². The van der Waals surface area contributed by atoms with E-state index in [0.717, 1.165) is 41.5 Å². The first-order valence-electron chi connectivity index (χ1n) is 11.3. The van der Waals surface area contributed by atoms with E-state index in [9.17, 15) is 0 Å². The van der Waals surface area contributed by atoms with Crippen LogP contribution in [0.25, 0.3) is 0 Å². The third-order valence-electron chi connectivity index (χ3n) is 5.46. The second kappa shape index (κ2) is 13.2. The fraction of sp³-hybridized carbons (Fsp3) is 0.385. The van der Waals surface area contributed by atoms with E-state index in [-0.39, 0.29) is 30.0 Å². The van der Waals surface area contributed by atoms with Crippen LogP contribution in [0.2, 0.25) is 0 Å². The number of nitrogens with one attached hydrogen (secondary N) is 2. The Bertz CT molecular complexity index is 1030. The molecule has 0 bridgehead atoms. The molecule has 0 amide bonds. The number of ether oxygens (including phenoxy) is 1. The summed E-state index contributed by atoms with van der Waals surface area (Å²) in [6.07, 6.45) is 0.902. The summed E-state index contributed by atoms with van der Waals surface area (Å²) in [6.45, 7) is 10.4. The first-order valence-corrected chi connectivity index (χ1v) is 11.3. The number of nitrogens with zero attached hydrogens (tertiary/aromatic N) is 3. The average Bonchev–Trinajstić information content (AvgIpc) is 3.03. The van der Waals surface area contributed by atoms with Crippen LogP contribution >= 0.6 is 24.0 Å². The highest BCUT2D eigenvalue weighted by Crippen LogP contribution is 2.16. The number of aryl methyl sites for hydroxylation is 2. The molecule has 178 valence electrons. The van der Waals surface area contributed by atoms with E-state index in [2.05, 4.69) is 67.7 Å². The zero-order valence-electron chi connectivity index (χ0n) is 20.3. The van der Waals surface area contributed by atoms with Crippen LogP contribution in [0, 0.1) is 13.8 Å². The van der Waals surface area contributed by atoms with Gasteiger partial charge in [-0.15, -0.1) is 24.0 Å². The van der Waals surface area contributed by atoms with Crippen molar-refractivity contribution in [2.45, 2.75) is 53.3 Å². The van der Waals surface area contributed by atoms with Crippen LogP contribution in [0.3, 0.4) is 0 Å². The predicted octanol–water partition coefficient (Wildman–Crippen LogP) is 4.92. The zero-order chi connectivity index (χ0) is 22.9. The summed E-state index contributed by atoms with van der Waals surface area (Å²) in [5, 5.41) is 11.4. The van der Waals surface area contributed by atoms with Crippen LogP contribution in [0.15, 0.2) is 59.6 Å². The maximum absolute atomic E-state index is 5.95. The maximum Gasteiger partial charge on any atom is 0.191 e. The van der Waals surface area contributed by atoms with Gasteiger partial charge in [0.2, 0.25) is 0 Å². The molecular weight excluding hydrogens is 525 g/mol. The van der Waals surface area contributed by atoms with Gasteiger partial charge in [0.1, 0.15) is 12.4 Å². The van der Waals surface area contributed by atoms with Crippen LogP contribution in [-0.4, -0.2) is 28.3 Å². The maximum atomic E-state index is 5.95. The van der Waals surface area contributed by atoms with Gasteiger partial charge >= 0.3 is 0 Å². The Morgan fingerprint density at radius 1 is 1.09 bits per heavy atom. The number of aliphatic imine (C=N–C) groups is 1. The van der Waals surface area contributed by atoms with Crippen LogP contribution < -0.4 is 15.4 Å². The molecule has 0 fully saturated rings. The van der Waals surface area contributed by atoms with Crippen molar-refractivity contribution < 1.29 is 4.74 Å². The SMILES string of the molecule is CCNC(=NCc1cccc(OCc2ccccc2)c1)NC(C)Cc1c(C)nn(C)c1C.I. The smallest absolute Gasteiger partial charge is 0.191 e. The van der Waals surface area contributed by atoms with Crippen molar-refractivity contribution in [2.24, 2.45) is 12.0 Å². The molecule has 1 unspecified atom stereocenters.